The number of hydrogen-bond acceptors (Lipinski definition) is 2. The summed E-state index contributed by atoms with van der Waals surface area (Å²) in [5.41, 5.74) is 7.59. The van der Waals surface area contributed by atoms with Crippen molar-refractivity contribution in [1.29, 1.82) is 0 Å². The van der Waals surface area contributed by atoms with Crippen LogP contribution in [0.1, 0.15) is 34.9 Å². The van der Waals surface area contributed by atoms with Crippen LogP contribution < -0.4 is 5.73 Å². The van der Waals surface area contributed by atoms with Crippen LogP contribution >= 0.6 is 0 Å². The first-order valence-electron chi connectivity index (χ1n) is 7.49. The summed E-state index contributed by atoms with van der Waals surface area (Å²) in [6.45, 7) is 1.65. The topological polar surface area (TPSA) is 51.3 Å². The first-order chi connectivity index (χ1) is 10.3. The summed E-state index contributed by atoms with van der Waals surface area (Å²) in [5.74, 6) is 0.0706. The fourth-order valence-corrected chi connectivity index (χ4v) is 2.62. The minimum absolute atomic E-state index is 0.0706. The number of nitrogens with zero attached hydrogens (tertiary/aromatic N) is 2. The van der Waals surface area contributed by atoms with Crippen LogP contribution in [0, 0.1) is 0 Å². The van der Waals surface area contributed by atoms with Gasteiger partial charge in [0, 0.05) is 31.9 Å². The van der Waals surface area contributed by atoms with Crippen molar-refractivity contribution in [3.63, 3.8) is 0 Å². The number of carbonyl (C=O) groups excluding carboxylic acids is 1. The first kappa shape index (κ1) is 13.9. The fourth-order valence-electron chi connectivity index (χ4n) is 2.62. The number of aromatic nitrogens is 1. The lowest BCUT2D eigenvalue weighted by atomic mass is 10.2. The Bertz CT molecular complexity index is 602. The number of nitrogens with two attached hydrogens (primary N) is 1. The Morgan fingerprint density at radius 1 is 1.19 bits per heavy atom. The largest absolute Gasteiger partial charge is 0.340 e. The van der Waals surface area contributed by atoms with Crippen molar-refractivity contribution < 1.29 is 4.79 Å². The molecule has 0 atom stereocenters. The van der Waals surface area contributed by atoms with Crippen LogP contribution in [-0.2, 0) is 6.54 Å². The van der Waals surface area contributed by atoms with Crippen LogP contribution in [0.2, 0.25) is 0 Å². The van der Waals surface area contributed by atoms with Crippen molar-refractivity contribution in [3.05, 3.63) is 59.9 Å². The summed E-state index contributed by atoms with van der Waals surface area (Å²) in [4.78, 5) is 14.6. The molecule has 3 rings (SSSR count). The maximum absolute atomic E-state index is 12.8. The van der Waals surface area contributed by atoms with Gasteiger partial charge in [-0.05, 0) is 30.5 Å². The van der Waals surface area contributed by atoms with Crippen LogP contribution in [0.5, 0.6) is 0 Å². The molecule has 1 aliphatic carbocycles. The molecule has 1 fully saturated rings. The van der Waals surface area contributed by atoms with E-state index in [2.05, 4.69) is 4.57 Å². The summed E-state index contributed by atoms with van der Waals surface area (Å²) in [6, 6.07) is 14.4. The fraction of sp³-hybridized carbons (Fsp3) is 0.353. The van der Waals surface area contributed by atoms with Crippen molar-refractivity contribution in [2.75, 3.05) is 13.1 Å². The van der Waals surface area contributed by atoms with E-state index >= 15 is 0 Å². The maximum atomic E-state index is 12.8. The summed E-state index contributed by atoms with van der Waals surface area (Å²) in [7, 11) is 0. The van der Waals surface area contributed by atoms with Crippen LogP contribution in [-0.4, -0.2) is 28.5 Å². The Labute approximate surface area is 125 Å². The lowest BCUT2D eigenvalue weighted by molar-refractivity contribution is 0.0737. The second-order valence-corrected chi connectivity index (χ2v) is 5.53. The number of benzene rings is 1. The second-order valence-electron chi connectivity index (χ2n) is 5.53. The molecule has 110 valence electrons. The van der Waals surface area contributed by atoms with Crippen molar-refractivity contribution in [2.24, 2.45) is 5.73 Å². The molecule has 1 amide bonds. The van der Waals surface area contributed by atoms with E-state index in [-0.39, 0.29) is 5.91 Å². The van der Waals surface area contributed by atoms with E-state index in [1.54, 1.807) is 0 Å². The van der Waals surface area contributed by atoms with E-state index < -0.39 is 0 Å². The highest BCUT2D eigenvalue weighted by Crippen LogP contribution is 2.36. The van der Waals surface area contributed by atoms with E-state index in [0.717, 1.165) is 11.3 Å². The van der Waals surface area contributed by atoms with Gasteiger partial charge in [0.2, 0.25) is 0 Å². The summed E-state index contributed by atoms with van der Waals surface area (Å²) in [5, 5.41) is 0. The molecule has 0 aliphatic heterocycles. The van der Waals surface area contributed by atoms with Gasteiger partial charge >= 0.3 is 0 Å². The lowest BCUT2D eigenvalue weighted by Gasteiger charge is -2.23. The predicted octanol–water partition coefficient (Wildman–Crippen LogP) is 2.42. The van der Waals surface area contributed by atoms with Crippen LogP contribution in [0.15, 0.2) is 48.7 Å². The highest BCUT2D eigenvalue weighted by atomic mass is 16.2. The number of carbonyl (C=O) groups is 1. The van der Waals surface area contributed by atoms with Gasteiger partial charge in [0.1, 0.15) is 5.69 Å². The molecule has 1 aliphatic rings. The number of hydrogen-bond donors (Lipinski definition) is 1. The van der Waals surface area contributed by atoms with Crippen LogP contribution in [0.25, 0.3) is 0 Å². The molecular formula is C17H21N3O. The second kappa shape index (κ2) is 6.14. The molecule has 0 bridgehead atoms. The van der Waals surface area contributed by atoms with Gasteiger partial charge in [-0.15, -0.1) is 0 Å². The number of amides is 1. The van der Waals surface area contributed by atoms with Gasteiger partial charge in [-0.25, -0.2) is 0 Å². The smallest absolute Gasteiger partial charge is 0.270 e. The molecule has 2 aromatic rings. The van der Waals surface area contributed by atoms with E-state index in [1.165, 1.54) is 12.8 Å². The molecule has 4 nitrogen and oxygen atoms in total. The summed E-state index contributed by atoms with van der Waals surface area (Å²) >= 11 is 0. The predicted molar refractivity (Wildman–Crippen MR) is 82.9 cm³/mol. The monoisotopic (exact) mass is 283 g/mol. The molecule has 0 saturated heterocycles. The van der Waals surface area contributed by atoms with Crippen LogP contribution in [0.3, 0.4) is 0 Å². The minimum atomic E-state index is 0.0706. The SMILES string of the molecule is NCCN(Cc1ccccc1)C(=O)c1cccn1C1CC1. The molecule has 0 unspecified atom stereocenters. The van der Waals surface area contributed by atoms with E-state index in [0.29, 0.717) is 25.7 Å². The minimum Gasteiger partial charge on any atom is -0.340 e. The van der Waals surface area contributed by atoms with Gasteiger partial charge in [0.05, 0.1) is 0 Å². The third-order valence-corrected chi connectivity index (χ3v) is 3.84. The molecule has 1 saturated carbocycles. The average molecular weight is 283 g/mol. The molecule has 4 heteroatoms. The molecule has 0 radical (unpaired) electrons. The van der Waals surface area contributed by atoms with E-state index in [1.807, 2.05) is 53.6 Å². The van der Waals surface area contributed by atoms with Crippen LogP contribution in [0.4, 0.5) is 0 Å². The Morgan fingerprint density at radius 3 is 2.62 bits per heavy atom. The zero-order chi connectivity index (χ0) is 14.7. The Morgan fingerprint density at radius 2 is 1.95 bits per heavy atom. The zero-order valence-electron chi connectivity index (χ0n) is 12.1. The first-order valence-corrected chi connectivity index (χ1v) is 7.49. The molecule has 21 heavy (non-hydrogen) atoms. The molecule has 2 N–H and O–H groups in total. The van der Waals surface area contributed by atoms with Gasteiger partial charge in [-0.2, -0.15) is 0 Å². The molecular weight excluding hydrogens is 262 g/mol. The van der Waals surface area contributed by atoms with Gasteiger partial charge in [-0.1, -0.05) is 30.3 Å². The summed E-state index contributed by atoms with van der Waals surface area (Å²) < 4.78 is 2.11. The molecule has 1 aromatic heterocycles. The Kier molecular flexibility index (Phi) is 4.06. The lowest BCUT2D eigenvalue weighted by Crippen LogP contribution is -2.36. The van der Waals surface area contributed by atoms with Crippen molar-refractivity contribution in [3.8, 4) is 0 Å². The Balaban J connectivity index is 1.79. The van der Waals surface area contributed by atoms with Gasteiger partial charge in [0.15, 0.2) is 0 Å². The zero-order valence-corrected chi connectivity index (χ0v) is 12.1. The molecule has 1 aromatic carbocycles. The van der Waals surface area contributed by atoms with E-state index in [4.69, 9.17) is 5.73 Å². The quantitative estimate of drug-likeness (QED) is 0.885. The third-order valence-electron chi connectivity index (χ3n) is 3.84. The molecule has 1 heterocycles. The Hall–Kier alpha value is -2.07. The maximum Gasteiger partial charge on any atom is 0.270 e. The number of rotatable bonds is 6. The van der Waals surface area contributed by atoms with Crippen molar-refractivity contribution >= 4 is 5.91 Å². The third kappa shape index (κ3) is 3.16. The van der Waals surface area contributed by atoms with Gasteiger partial charge in [-0.3, -0.25) is 4.79 Å². The molecule has 0 spiro atoms. The van der Waals surface area contributed by atoms with Crippen molar-refractivity contribution in [1.82, 2.24) is 9.47 Å². The van der Waals surface area contributed by atoms with E-state index in [9.17, 15) is 4.79 Å². The van der Waals surface area contributed by atoms with Crippen molar-refractivity contribution in [2.45, 2.75) is 25.4 Å². The normalized spacial score (nSPS) is 14.1. The average Bonchev–Trinajstić information content (AvgIpc) is 3.24. The summed E-state index contributed by atoms with van der Waals surface area (Å²) in [6.07, 6.45) is 4.35. The highest BCUT2D eigenvalue weighted by molar-refractivity contribution is 5.92. The highest BCUT2D eigenvalue weighted by Gasteiger charge is 2.28. The van der Waals surface area contributed by atoms with Gasteiger partial charge < -0.3 is 15.2 Å². The van der Waals surface area contributed by atoms with Gasteiger partial charge in [0.25, 0.3) is 5.91 Å². The standard InChI is InChI=1S/C17H21N3O/c18-10-12-19(13-14-5-2-1-3-6-14)17(21)16-7-4-11-20(16)15-8-9-15/h1-7,11,15H,8-10,12-13,18H2.